The standard InChI is InChI=1S/C18H22N2O3/c1-3-19(13-8-4-5-9-13)16(21)12(2)20-17(22)14-10-6-7-11-15(14)18(20)23/h6-7,10-13H,3-5,8-9H2,1-2H3. The Labute approximate surface area is 136 Å². The predicted octanol–water partition coefficient (Wildman–Crippen LogP) is 2.46. The van der Waals surface area contributed by atoms with Gasteiger partial charge in [0.05, 0.1) is 11.1 Å². The zero-order valence-corrected chi connectivity index (χ0v) is 13.6. The van der Waals surface area contributed by atoms with Gasteiger partial charge in [-0.25, -0.2) is 0 Å². The molecule has 1 aromatic rings. The summed E-state index contributed by atoms with van der Waals surface area (Å²) in [5.74, 6) is -0.864. The molecule has 0 spiro atoms. The van der Waals surface area contributed by atoms with Gasteiger partial charge >= 0.3 is 0 Å². The number of rotatable bonds is 4. The van der Waals surface area contributed by atoms with Crippen LogP contribution in [-0.2, 0) is 4.79 Å². The molecule has 5 heteroatoms. The maximum absolute atomic E-state index is 12.9. The topological polar surface area (TPSA) is 57.7 Å². The lowest BCUT2D eigenvalue weighted by Gasteiger charge is -2.32. The lowest BCUT2D eigenvalue weighted by atomic mass is 10.1. The summed E-state index contributed by atoms with van der Waals surface area (Å²) >= 11 is 0. The highest BCUT2D eigenvalue weighted by molar-refractivity contribution is 6.22. The molecule has 2 aliphatic rings. The summed E-state index contributed by atoms with van der Waals surface area (Å²) in [6, 6.07) is 6.23. The first-order valence-corrected chi connectivity index (χ1v) is 8.33. The molecule has 1 unspecified atom stereocenters. The smallest absolute Gasteiger partial charge is 0.262 e. The lowest BCUT2D eigenvalue weighted by molar-refractivity contribution is -0.137. The molecule has 122 valence electrons. The second kappa shape index (κ2) is 6.14. The molecular weight excluding hydrogens is 292 g/mol. The van der Waals surface area contributed by atoms with Gasteiger partial charge in [0.15, 0.2) is 0 Å². The van der Waals surface area contributed by atoms with Gasteiger partial charge in [-0.1, -0.05) is 25.0 Å². The van der Waals surface area contributed by atoms with E-state index < -0.39 is 6.04 Å². The van der Waals surface area contributed by atoms with Gasteiger partial charge in [-0.2, -0.15) is 0 Å². The summed E-state index contributed by atoms with van der Waals surface area (Å²) in [6.07, 6.45) is 4.29. The number of amides is 3. The van der Waals surface area contributed by atoms with E-state index in [0.717, 1.165) is 30.6 Å². The van der Waals surface area contributed by atoms with Gasteiger partial charge in [-0.05, 0) is 38.8 Å². The molecule has 5 nitrogen and oxygen atoms in total. The Balaban J connectivity index is 1.83. The summed E-state index contributed by atoms with van der Waals surface area (Å²) in [6.45, 7) is 4.21. The van der Waals surface area contributed by atoms with Crippen molar-refractivity contribution >= 4 is 17.7 Å². The molecule has 1 aromatic carbocycles. The van der Waals surface area contributed by atoms with Gasteiger partial charge in [0.1, 0.15) is 6.04 Å². The molecule has 3 amide bonds. The first-order chi connectivity index (χ1) is 11.1. The van der Waals surface area contributed by atoms with E-state index >= 15 is 0 Å². The molecule has 1 heterocycles. The van der Waals surface area contributed by atoms with Crippen LogP contribution < -0.4 is 0 Å². The van der Waals surface area contributed by atoms with Crippen LogP contribution in [0.2, 0.25) is 0 Å². The Morgan fingerprint density at radius 3 is 2.17 bits per heavy atom. The van der Waals surface area contributed by atoms with Crippen LogP contribution in [0.4, 0.5) is 0 Å². The largest absolute Gasteiger partial charge is 0.338 e. The van der Waals surface area contributed by atoms with E-state index in [9.17, 15) is 14.4 Å². The molecule has 0 saturated heterocycles. The van der Waals surface area contributed by atoms with Crippen molar-refractivity contribution in [2.75, 3.05) is 6.54 Å². The third-order valence-electron chi connectivity index (χ3n) is 4.96. The van der Waals surface area contributed by atoms with Crippen molar-refractivity contribution in [1.29, 1.82) is 0 Å². The van der Waals surface area contributed by atoms with Crippen LogP contribution in [-0.4, -0.2) is 46.1 Å². The second-order valence-electron chi connectivity index (χ2n) is 6.26. The normalized spacial score (nSPS) is 19.1. The molecule has 1 fully saturated rings. The van der Waals surface area contributed by atoms with Crippen LogP contribution in [0.5, 0.6) is 0 Å². The molecule has 0 radical (unpaired) electrons. The number of likely N-dealkylation sites (N-methyl/N-ethyl adjacent to an activating group) is 1. The Hall–Kier alpha value is -2.17. The average Bonchev–Trinajstić information content (AvgIpc) is 3.16. The van der Waals surface area contributed by atoms with Crippen LogP contribution >= 0.6 is 0 Å². The summed E-state index contributed by atoms with van der Waals surface area (Å²) in [5.41, 5.74) is 0.780. The lowest BCUT2D eigenvalue weighted by Crippen LogP contribution is -2.51. The van der Waals surface area contributed by atoms with E-state index in [1.165, 1.54) is 0 Å². The van der Waals surface area contributed by atoms with Crippen LogP contribution in [0.3, 0.4) is 0 Å². The predicted molar refractivity (Wildman–Crippen MR) is 86.0 cm³/mol. The van der Waals surface area contributed by atoms with Gasteiger partial charge in [-0.15, -0.1) is 0 Å². The highest BCUT2D eigenvalue weighted by Gasteiger charge is 2.42. The van der Waals surface area contributed by atoms with E-state index in [0.29, 0.717) is 17.7 Å². The van der Waals surface area contributed by atoms with Crippen molar-refractivity contribution in [1.82, 2.24) is 9.80 Å². The summed E-state index contributed by atoms with van der Waals surface area (Å²) in [4.78, 5) is 40.9. The van der Waals surface area contributed by atoms with E-state index in [2.05, 4.69) is 0 Å². The molecule has 0 aromatic heterocycles. The molecular formula is C18H22N2O3. The highest BCUT2D eigenvalue weighted by Crippen LogP contribution is 2.28. The van der Waals surface area contributed by atoms with Crippen molar-refractivity contribution in [2.45, 2.75) is 51.6 Å². The van der Waals surface area contributed by atoms with Crippen molar-refractivity contribution in [3.63, 3.8) is 0 Å². The summed E-state index contributed by atoms with van der Waals surface area (Å²) in [5, 5.41) is 0. The monoisotopic (exact) mass is 314 g/mol. The molecule has 1 aliphatic heterocycles. The summed E-state index contributed by atoms with van der Waals surface area (Å²) < 4.78 is 0. The van der Waals surface area contributed by atoms with E-state index in [1.54, 1.807) is 31.2 Å². The van der Waals surface area contributed by atoms with Gasteiger partial charge in [0.2, 0.25) is 5.91 Å². The Morgan fingerprint density at radius 1 is 1.17 bits per heavy atom. The van der Waals surface area contributed by atoms with E-state index in [1.807, 2.05) is 11.8 Å². The second-order valence-corrected chi connectivity index (χ2v) is 6.26. The molecule has 1 atom stereocenters. The molecule has 0 N–H and O–H groups in total. The molecule has 1 aliphatic carbocycles. The minimum atomic E-state index is -0.761. The molecule has 1 saturated carbocycles. The van der Waals surface area contributed by atoms with Crippen LogP contribution in [0, 0.1) is 0 Å². The fraction of sp³-hybridized carbons (Fsp3) is 0.500. The number of fused-ring (bicyclic) bond motifs is 1. The highest BCUT2D eigenvalue weighted by atomic mass is 16.2. The van der Waals surface area contributed by atoms with E-state index in [4.69, 9.17) is 0 Å². The zero-order chi connectivity index (χ0) is 16.6. The fourth-order valence-electron chi connectivity index (χ4n) is 3.72. The molecule has 0 bridgehead atoms. The van der Waals surface area contributed by atoms with Gasteiger partial charge in [0, 0.05) is 12.6 Å². The number of nitrogens with zero attached hydrogens (tertiary/aromatic N) is 2. The minimum Gasteiger partial charge on any atom is -0.338 e. The van der Waals surface area contributed by atoms with Crippen LogP contribution in [0.1, 0.15) is 60.2 Å². The SMILES string of the molecule is CCN(C(=O)C(C)N1C(=O)c2ccccc2C1=O)C1CCCC1. The number of carbonyl (C=O) groups excluding carboxylic acids is 3. The Kier molecular flexibility index (Phi) is 4.20. The number of hydrogen-bond acceptors (Lipinski definition) is 3. The van der Waals surface area contributed by atoms with Crippen LogP contribution in [0.25, 0.3) is 0 Å². The zero-order valence-electron chi connectivity index (χ0n) is 13.6. The first kappa shape index (κ1) is 15.7. The van der Waals surface area contributed by atoms with Gasteiger partial charge < -0.3 is 4.90 Å². The number of hydrogen-bond donors (Lipinski definition) is 0. The van der Waals surface area contributed by atoms with Crippen molar-refractivity contribution in [3.05, 3.63) is 35.4 Å². The third kappa shape index (κ3) is 2.54. The Bertz CT molecular complexity index is 614. The van der Waals surface area contributed by atoms with E-state index in [-0.39, 0.29) is 23.8 Å². The maximum Gasteiger partial charge on any atom is 0.262 e. The fourth-order valence-corrected chi connectivity index (χ4v) is 3.72. The first-order valence-electron chi connectivity index (χ1n) is 8.33. The third-order valence-corrected chi connectivity index (χ3v) is 4.96. The molecule has 3 rings (SSSR count). The minimum absolute atomic E-state index is 0.131. The Morgan fingerprint density at radius 2 is 1.70 bits per heavy atom. The van der Waals surface area contributed by atoms with Crippen molar-refractivity contribution in [3.8, 4) is 0 Å². The van der Waals surface area contributed by atoms with Gasteiger partial charge in [0.25, 0.3) is 11.8 Å². The van der Waals surface area contributed by atoms with Gasteiger partial charge in [-0.3, -0.25) is 19.3 Å². The molecule has 23 heavy (non-hydrogen) atoms. The van der Waals surface area contributed by atoms with Crippen molar-refractivity contribution < 1.29 is 14.4 Å². The maximum atomic E-state index is 12.9. The summed E-state index contributed by atoms with van der Waals surface area (Å²) in [7, 11) is 0. The number of benzene rings is 1. The number of imide groups is 1. The quantitative estimate of drug-likeness (QED) is 0.802. The van der Waals surface area contributed by atoms with Crippen molar-refractivity contribution in [2.24, 2.45) is 0 Å². The van der Waals surface area contributed by atoms with Crippen LogP contribution in [0.15, 0.2) is 24.3 Å². The number of carbonyl (C=O) groups is 3. The average molecular weight is 314 g/mol.